The van der Waals surface area contributed by atoms with Crippen molar-refractivity contribution in [2.24, 2.45) is 5.92 Å². The predicted molar refractivity (Wildman–Crippen MR) is 187 cm³/mol. The first kappa shape index (κ1) is 33.7. The number of rotatable bonds is 11. The van der Waals surface area contributed by atoms with Crippen molar-refractivity contribution in [3.63, 3.8) is 0 Å². The molecule has 9 heteroatoms. The number of amides is 2. The summed E-state index contributed by atoms with van der Waals surface area (Å²) in [7, 11) is 2.05. The third-order valence-electron chi connectivity index (χ3n) is 9.37. The molecule has 1 saturated carbocycles. The summed E-state index contributed by atoms with van der Waals surface area (Å²) in [4.78, 5) is 34.0. The van der Waals surface area contributed by atoms with Crippen molar-refractivity contribution in [2.45, 2.75) is 60.6 Å². The third-order valence-corrected chi connectivity index (χ3v) is 10.4. The lowest BCUT2D eigenvalue weighted by Crippen LogP contribution is -2.49. The number of para-hydroxylation sites is 1. The molecule has 7 nitrogen and oxygen atoms in total. The van der Waals surface area contributed by atoms with E-state index in [4.69, 9.17) is 4.74 Å². The van der Waals surface area contributed by atoms with Gasteiger partial charge in [-0.1, -0.05) is 67.2 Å². The number of hydrogen-bond acceptors (Lipinski definition) is 6. The van der Waals surface area contributed by atoms with E-state index in [1.807, 2.05) is 25.1 Å². The van der Waals surface area contributed by atoms with Crippen LogP contribution in [0, 0.1) is 11.7 Å². The normalized spacial score (nSPS) is 19.1. The molecular weight excluding hydrogens is 626 g/mol. The van der Waals surface area contributed by atoms with Crippen molar-refractivity contribution in [3.05, 3.63) is 120 Å². The Kier molecular flexibility index (Phi) is 10.2. The highest BCUT2D eigenvalue weighted by molar-refractivity contribution is 7.99. The Balaban J connectivity index is 1.23. The predicted octanol–water partition coefficient (Wildman–Crippen LogP) is 7.00. The minimum absolute atomic E-state index is 0.0825. The number of benzene rings is 4. The molecule has 1 fully saturated rings. The minimum atomic E-state index is -0.748. The van der Waals surface area contributed by atoms with Gasteiger partial charge in [0.05, 0.1) is 29.3 Å². The monoisotopic (exact) mass is 667 g/mol. The number of aliphatic hydroxyl groups excluding tert-OH is 1. The molecule has 2 aliphatic rings. The lowest BCUT2D eigenvalue weighted by Gasteiger charge is -2.38. The largest absolute Gasteiger partial charge is 0.486 e. The maximum absolute atomic E-state index is 13.9. The second kappa shape index (κ2) is 14.5. The number of hydrogen-bond donors (Lipinski definition) is 2. The molecule has 2 amide bonds. The topological polar surface area (TPSA) is 82.1 Å². The number of halogens is 1. The van der Waals surface area contributed by atoms with E-state index in [2.05, 4.69) is 60.6 Å². The number of carbonyl (C=O) groups is 2. The summed E-state index contributed by atoms with van der Waals surface area (Å²) < 4.78 is 20.4. The van der Waals surface area contributed by atoms with Crippen LogP contribution in [0.3, 0.4) is 0 Å². The standard InChI is InChI=1S/C39H42FN3O4S/c1-26-22-43(27(2)25-44)37(45)33-10-7-11-34(41-38(46)39(20-21-39)29-14-16-30(40)17-15-29)36(33)47-35(26)24-42(3)23-28-12-18-32(19-13-28)48-31-8-5-4-6-9-31/h4-19,26-27,35,44H,20-25H2,1-3H3,(H,41,46)/t26-,27?,35-/m1/s1. The molecule has 0 radical (unpaired) electrons. The molecular formula is C39H42FN3O4S. The van der Waals surface area contributed by atoms with Gasteiger partial charge in [0.2, 0.25) is 5.91 Å². The Hall–Kier alpha value is -4.18. The first-order valence-corrected chi connectivity index (χ1v) is 17.3. The first-order valence-electron chi connectivity index (χ1n) is 16.5. The lowest BCUT2D eigenvalue weighted by atomic mass is 9.94. The van der Waals surface area contributed by atoms with Crippen molar-refractivity contribution < 1.29 is 23.8 Å². The molecule has 1 unspecified atom stereocenters. The number of fused-ring (bicyclic) bond motifs is 1. The maximum atomic E-state index is 13.9. The van der Waals surface area contributed by atoms with Crippen LogP contribution in [0.25, 0.3) is 0 Å². The molecule has 250 valence electrons. The van der Waals surface area contributed by atoms with Gasteiger partial charge >= 0.3 is 0 Å². The second-order valence-electron chi connectivity index (χ2n) is 13.1. The van der Waals surface area contributed by atoms with E-state index in [9.17, 15) is 19.1 Å². The molecule has 0 bridgehead atoms. The lowest BCUT2D eigenvalue weighted by molar-refractivity contribution is -0.118. The molecule has 1 aliphatic heterocycles. The Morgan fingerprint density at radius 3 is 2.38 bits per heavy atom. The van der Waals surface area contributed by atoms with Crippen molar-refractivity contribution in [3.8, 4) is 5.75 Å². The number of likely N-dealkylation sites (N-methyl/N-ethyl adjacent to an activating group) is 1. The van der Waals surface area contributed by atoms with E-state index in [1.165, 1.54) is 27.5 Å². The molecule has 48 heavy (non-hydrogen) atoms. The van der Waals surface area contributed by atoms with Crippen LogP contribution < -0.4 is 10.1 Å². The zero-order valence-electron chi connectivity index (χ0n) is 27.6. The summed E-state index contributed by atoms with van der Waals surface area (Å²) in [6, 6.07) is 29.7. The molecule has 0 spiro atoms. The SMILES string of the molecule is CC(CO)N1C[C@@H](C)[C@@H](CN(C)Cc2ccc(Sc3ccccc3)cc2)Oc2c(NC(=O)C3(c4ccc(F)cc4)CC3)cccc2C1=O. The molecule has 0 saturated heterocycles. The molecule has 0 aromatic heterocycles. The molecule has 1 heterocycles. The fourth-order valence-electron chi connectivity index (χ4n) is 6.31. The summed E-state index contributed by atoms with van der Waals surface area (Å²) >= 11 is 1.73. The van der Waals surface area contributed by atoms with Crippen molar-refractivity contribution in [1.82, 2.24) is 9.80 Å². The van der Waals surface area contributed by atoms with E-state index >= 15 is 0 Å². The van der Waals surface area contributed by atoms with Crippen LogP contribution in [0.4, 0.5) is 10.1 Å². The van der Waals surface area contributed by atoms with Crippen LogP contribution in [0.15, 0.2) is 107 Å². The van der Waals surface area contributed by atoms with E-state index in [1.54, 1.807) is 47.0 Å². The summed E-state index contributed by atoms with van der Waals surface area (Å²) in [5.41, 5.74) is 1.94. The average molecular weight is 668 g/mol. The van der Waals surface area contributed by atoms with E-state index < -0.39 is 11.5 Å². The van der Waals surface area contributed by atoms with Gasteiger partial charge in [-0.15, -0.1) is 0 Å². The number of carbonyl (C=O) groups excluding carboxylic acids is 2. The van der Waals surface area contributed by atoms with Crippen LogP contribution >= 0.6 is 11.8 Å². The molecule has 1 aliphatic carbocycles. The number of nitrogens with one attached hydrogen (secondary N) is 1. The Bertz CT molecular complexity index is 1730. The van der Waals surface area contributed by atoms with Gasteiger partial charge in [-0.05, 0) is 86.5 Å². The van der Waals surface area contributed by atoms with Gasteiger partial charge in [0, 0.05) is 35.3 Å². The van der Waals surface area contributed by atoms with Gasteiger partial charge < -0.3 is 20.1 Å². The fourth-order valence-corrected chi connectivity index (χ4v) is 7.15. The van der Waals surface area contributed by atoms with Gasteiger partial charge in [0.1, 0.15) is 11.9 Å². The Labute approximate surface area is 286 Å². The van der Waals surface area contributed by atoms with Crippen LogP contribution in [-0.4, -0.2) is 65.6 Å². The van der Waals surface area contributed by atoms with Crippen molar-refractivity contribution >= 4 is 29.3 Å². The van der Waals surface area contributed by atoms with Gasteiger partial charge in [-0.2, -0.15) is 0 Å². The molecule has 6 rings (SSSR count). The summed E-state index contributed by atoms with van der Waals surface area (Å²) in [5.74, 6) is -0.572. The summed E-state index contributed by atoms with van der Waals surface area (Å²) in [6.07, 6.45) is 0.975. The van der Waals surface area contributed by atoms with Gasteiger partial charge in [-0.3, -0.25) is 14.5 Å². The molecule has 4 aromatic carbocycles. The fraction of sp³-hybridized carbons (Fsp3) is 0.333. The Morgan fingerprint density at radius 1 is 1.02 bits per heavy atom. The zero-order valence-corrected chi connectivity index (χ0v) is 28.4. The Morgan fingerprint density at radius 2 is 1.71 bits per heavy atom. The quantitative estimate of drug-likeness (QED) is 0.179. The number of nitrogens with zero attached hydrogens (tertiary/aromatic N) is 2. The van der Waals surface area contributed by atoms with Crippen LogP contribution in [0.2, 0.25) is 0 Å². The molecule has 2 N–H and O–H groups in total. The van der Waals surface area contributed by atoms with Crippen LogP contribution in [-0.2, 0) is 16.8 Å². The van der Waals surface area contributed by atoms with Crippen LogP contribution in [0.5, 0.6) is 5.75 Å². The van der Waals surface area contributed by atoms with E-state index in [0.29, 0.717) is 49.5 Å². The summed E-state index contributed by atoms with van der Waals surface area (Å²) in [5, 5.41) is 13.1. The number of ether oxygens (including phenoxy) is 1. The smallest absolute Gasteiger partial charge is 0.258 e. The van der Waals surface area contributed by atoms with Gasteiger partial charge in [-0.25, -0.2) is 4.39 Å². The minimum Gasteiger partial charge on any atom is -0.486 e. The third kappa shape index (κ3) is 7.43. The maximum Gasteiger partial charge on any atom is 0.258 e. The number of anilines is 1. The van der Waals surface area contributed by atoms with Gasteiger partial charge in [0.25, 0.3) is 5.91 Å². The zero-order chi connectivity index (χ0) is 33.8. The second-order valence-corrected chi connectivity index (χ2v) is 14.3. The highest BCUT2D eigenvalue weighted by atomic mass is 32.2. The highest BCUT2D eigenvalue weighted by Gasteiger charge is 2.51. The van der Waals surface area contributed by atoms with Crippen LogP contribution in [0.1, 0.15) is 48.2 Å². The van der Waals surface area contributed by atoms with E-state index in [-0.39, 0.29) is 36.3 Å². The van der Waals surface area contributed by atoms with E-state index in [0.717, 1.165) is 5.56 Å². The van der Waals surface area contributed by atoms with Gasteiger partial charge in [0.15, 0.2) is 5.75 Å². The van der Waals surface area contributed by atoms with Crippen molar-refractivity contribution in [2.75, 3.05) is 32.1 Å². The average Bonchev–Trinajstić information content (AvgIpc) is 3.90. The number of aliphatic hydroxyl groups is 1. The molecule has 3 atom stereocenters. The molecule has 4 aromatic rings. The first-order chi connectivity index (χ1) is 23.2. The summed E-state index contributed by atoms with van der Waals surface area (Å²) in [6.45, 7) is 5.39. The van der Waals surface area contributed by atoms with Crippen molar-refractivity contribution in [1.29, 1.82) is 0 Å². The highest BCUT2D eigenvalue weighted by Crippen LogP contribution is 2.49.